The maximum atomic E-state index is 13.6. The van der Waals surface area contributed by atoms with E-state index in [0.717, 1.165) is 16.7 Å². The highest BCUT2D eigenvalue weighted by Gasteiger charge is 2.35. The Morgan fingerprint density at radius 3 is 2.19 bits per heavy atom. The zero-order valence-corrected chi connectivity index (χ0v) is 19.3. The summed E-state index contributed by atoms with van der Waals surface area (Å²) < 4.78 is 11.0. The van der Waals surface area contributed by atoms with Crippen LogP contribution in [0.5, 0.6) is 11.5 Å². The number of rotatable bonds is 4. The first kappa shape index (κ1) is 21.8. The van der Waals surface area contributed by atoms with E-state index >= 15 is 0 Å². The van der Waals surface area contributed by atoms with E-state index in [2.05, 4.69) is 0 Å². The molecule has 7 heteroatoms. The molecule has 160 valence electrons. The van der Waals surface area contributed by atoms with Crippen molar-refractivity contribution in [1.82, 2.24) is 4.90 Å². The molecule has 31 heavy (non-hydrogen) atoms. The molecule has 0 fully saturated rings. The molecule has 1 heterocycles. The van der Waals surface area contributed by atoms with E-state index in [0.29, 0.717) is 45.1 Å². The Bertz CT molecular complexity index is 1130. The maximum Gasteiger partial charge on any atom is 0.254 e. The van der Waals surface area contributed by atoms with Crippen molar-refractivity contribution in [3.05, 3.63) is 91.9 Å². The van der Waals surface area contributed by atoms with Crippen LogP contribution in [0.25, 0.3) is 0 Å². The lowest BCUT2D eigenvalue weighted by Crippen LogP contribution is -2.40. The van der Waals surface area contributed by atoms with Gasteiger partial charge in [0.1, 0.15) is 0 Å². The van der Waals surface area contributed by atoms with E-state index in [1.165, 1.54) is 0 Å². The van der Waals surface area contributed by atoms with Gasteiger partial charge in [0.25, 0.3) is 5.91 Å². The van der Waals surface area contributed by atoms with Crippen molar-refractivity contribution in [3.8, 4) is 11.5 Å². The summed E-state index contributed by atoms with van der Waals surface area (Å²) in [4.78, 5) is 15.4. The van der Waals surface area contributed by atoms with Crippen LogP contribution in [0.1, 0.15) is 33.1 Å². The number of ether oxygens (including phenoxy) is 2. The van der Waals surface area contributed by atoms with Crippen molar-refractivity contribution < 1.29 is 14.3 Å². The Morgan fingerprint density at radius 2 is 1.55 bits per heavy atom. The second-order valence-electron chi connectivity index (χ2n) is 7.24. The molecule has 0 aliphatic carbocycles. The molecule has 0 saturated carbocycles. The van der Waals surface area contributed by atoms with E-state index < -0.39 is 6.04 Å². The molecule has 0 spiro atoms. The lowest BCUT2D eigenvalue weighted by molar-refractivity contribution is 0.0694. The minimum absolute atomic E-state index is 0.172. The average Bonchev–Trinajstić information content (AvgIpc) is 2.76. The number of nitrogens with zero attached hydrogens (tertiary/aromatic N) is 1. The van der Waals surface area contributed by atoms with E-state index in [-0.39, 0.29) is 5.91 Å². The second-order valence-corrected chi connectivity index (χ2v) is 8.52. The molecule has 4 nitrogen and oxygen atoms in total. The van der Waals surface area contributed by atoms with E-state index in [1.54, 1.807) is 37.3 Å². The highest BCUT2D eigenvalue weighted by Crippen LogP contribution is 2.43. The molecular formula is C24H20Cl3NO3. The zero-order valence-electron chi connectivity index (χ0n) is 17.0. The number of benzene rings is 3. The Morgan fingerprint density at radius 1 is 0.903 bits per heavy atom. The predicted octanol–water partition coefficient (Wildman–Crippen LogP) is 6.45. The monoisotopic (exact) mass is 475 g/mol. The molecule has 0 radical (unpaired) electrons. The molecule has 1 aliphatic heterocycles. The third-order valence-corrected chi connectivity index (χ3v) is 6.22. The topological polar surface area (TPSA) is 38.8 Å². The van der Waals surface area contributed by atoms with Gasteiger partial charge in [0.2, 0.25) is 0 Å². The minimum atomic E-state index is -0.400. The fraction of sp³-hybridized carbons (Fsp3) is 0.208. The van der Waals surface area contributed by atoms with Crippen molar-refractivity contribution >= 4 is 40.7 Å². The van der Waals surface area contributed by atoms with Crippen LogP contribution in [-0.4, -0.2) is 31.6 Å². The van der Waals surface area contributed by atoms with Crippen LogP contribution in [0, 0.1) is 0 Å². The van der Waals surface area contributed by atoms with Crippen LogP contribution in [0.2, 0.25) is 15.1 Å². The van der Waals surface area contributed by atoms with E-state index in [9.17, 15) is 4.79 Å². The van der Waals surface area contributed by atoms with Gasteiger partial charge in [-0.15, -0.1) is 0 Å². The normalized spacial score (nSPS) is 15.4. The number of amides is 1. The number of halogens is 3. The number of fused-ring (bicyclic) bond motifs is 1. The van der Waals surface area contributed by atoms with Crippen molar-refractivity contribution in [3.63, 3.8) is 0 Å². The first-order chi connectivity index (χ1) is 14.9. The standard InChI is InChI=1S/C24H20Cl3NO3/c1-30-21-11-14-7-8-28(24(29)15-9-16(25)12-17(26)10-15)23(19(14)13-22(21)31-2)18-5-3-4-6-20(18)27/h3-6,9-13,23H,7-8H2,1-2H3. The predicted molar refractivity (Wildman–Crippen MR) is 124 cm³/mol. The third-order valence-electron chi connectivity index (χ3n) is 5.44. The smallest absolute Gasteiger partial charge is 0.254 e. The van der Waals surface area contributed by atoms with Crippen molar-refractivity contribution in [2.75, 3.05) is 20.8 Å². The molecule has 3 aromatic rings. The largest absolute Gasteiger partial charge is 0.493 e. The van der Waals surface area contributed by atoms with Gasteiger partial charge in [-0.2, -0.15) is 0 Å². The van der Waals surface area contributed by atoms with Gasteiger partial charge in [0.05, 0.1) is 20.3 Å². The van der Waals surface area contributed by atoms with Gasteiger partial charge in [-0.3, -0.25) is 4.79 Å². The zero-order chi connectivity index (χ0) is 22.1. The molecule has 3 aromatic carbocycles. The van der Waals surface area contributed by atoms with Gasteiger partial charge >= 0.3 is 0 Å². The molecule has 0 aromatic heterocycles. The molecule has 0 bridgehead atoms. The van der Waals surface area contributed by atoms with Crippen LogP contribution in [-0.2, 0) is 6.42 Å². The van der Waals surface area contributed by atoms with Crippen molar-refractivity contribution in [1.29, 1.82) is 0 Å². The Balaban J connectivity index is 1.88. The summed E-state index contributed by atoms with van der Waals surface area (Å²) >= 11 is 18.9. The summed E-state index contributed by atoms with van der Waals surface area (Å²) in [6.45, 7) is 0.501. The molecule has 1 unspecified atom stereocenters. The van der Waals surface area contributed by atoms with Gasteiger partial charge in [-0.05, 0) is 59.5 Å². The van der Waals surface area contributed by atoms with Gasteiger partial charge in [-0.1, -0.05) is 53.0 Å². The molecule has 1 amide bonds. The SMILES string of the molecule is COc1cc2c(cc1OC)C(c1ccccc1Cl)N(C(=O)c1cc(Cl)cc(Cl)c1)CC2. The Hall–Kier alpha value is -2.40. The number of hydrogen-bond acceptors (Lipinski definition) is 3. The fourth-order valence-corrected chi connectivity index (χ4v) is 4.81. The van der Waals surface area contributed by atoms with Gasteiger partial charge in [0.15, 0.2) is 11.5 Å². The molecular weight excluding hydrogens is 457 g/mol. The highest BCUT2D eigenvalue weighted by molar-refractivity contribution is 6.35. The van der Waals surface area contributed by atoms with Crippen LogP contribution in [0.3, 0.4) is 0 Å². The lowest BCUT2D eigenvalue weighted by atomic mass is 9.87. The fourth-order valence-electron chi connectivity index (χ4n) is 4.04. The van der Waals surface area contributed by atoms with Gasteiger partial charge in [0, 0.05) is 27.2 Å². The first-order valence-corrected chi connectivity index (χ1v) is 10.8. The number of carbonyl (C=O) groups is 1. The number of hydrogen-bond donors (Lipinski definition) is 0. The Labute approximate surface area is 196 Å². The summed E-state index contributed by atoms with van der Waals surface area (Å²) in [6.07, 6.45) is 0.663. The molecule has 4 rings (SSSR count). The summed E-state index contributed by atoms with van der Waals surface area (Å²) in [5.74, 6) is 1.08. The maximum absolute atomic E-state index is 13.6. The van der Waals surface area contributed by atoms with Crippen molar-refractivity contribution in [2.45, 2.75) is 12.5 Å². The molecule has 0 saturated heterocycles. The molecule has 1 aliphatic rings. The molecule has 0 N–H and O–H groups in total. The average molecular weight is 477 g/mol. The summed E-state index contributed by atoms with van der Waals surface area (Å²) in [5, 5.41) is 1.40. The van der Waals surface area contributed by atoms with Gasteiger partial charge < -0.3 is 14.4 Å². The minimum Gasteiger partial charge on any atom is -0.493 e. The van der Waals surface area contributed by atoms with Crippen LogP contribution >= 0.6 is 34.8 Å². The summed E-state index contributed by atoms with van der Waals surface area (Å²) in [7, 11) is 3.20. The van der Waals surface area contributed by atoms with Crippen LogP contribution in [0.4, 0.5) is 0 Å². The van der Waals surface area contributed by atoms with Crippen molar-refractivity contribution in [2.24, 2.45) is 0 Å². The number of carbonyl (C=O) groups excluding carboxylic acids is 1. The third kappa shape index (κ3) is 4.20. The molecule has 1 atom stereocenters. The van der Waals surface area contributed by atoms with E-state index in [1.807, 2.05) is 36.4 Å². The van der Waals surface area contributed by atoms with E-state index in [4.69, 9.17) is 44.3 Å². The second kappa shape index (κ2) is 8.99. The number of methoxy groups -OCH3 is 2. The van der Waals surface area contributed by atoms with Gasteiger partial charge in [-0.25, -0.2) is 0 Å². The Kier molecular flexibility index (Phi) is 6.33. The first-order valence-electron chi connectivity index (χ1n) is 9.69. The lowest BCUT2D eigenvalue weighted by Gasteiger charge is -2.38. The summed E-state index contributed by atoms with van der Waals surface area (Å²) in [6, 6.07) is 15.9. The van der Waals surface area contributed by atoms with Crippen LogP contribution in [0.15, 0.2) is 54.6 Å². The highest BCUT2D eigenvalue weighted by atomic mass is 35.5. The quantitative estimate of drug-likeness (QED) is 0.434. The van der Waals surface area contributed by atoms with Crippen LogP contribution < -0.4 is 9.47 Å². The summed E-state index contributed by atoms with van der Waals surface area (Å²) in [5.41, 5.74) is 3.28.